The molecule has 1 spiro atoms. The molecule has 0 radical (unpaired) electrons. The van der Waals surface area contributed by atoms with Crippen molar-refractivity contribution in [2.24, 2.45) is 0 Å². The molecule has 2 aliphatic heterocycles. The van der Waals surface area contributed by atoms with Crippen LogP contribution in [0.25, 0.3) is 6.08 Å². The molecule has 0 fully saturated rings. The molecule has 0 aromatic heterocycles. The van der Waals surface area contributed by atoms with Gasteiger partial charge >= 0.3 is 5.97 Å². The van der Waals surface area contributed by atoms with E-state index in [9.17, 15) is 14.9 Å². The van der Waals surface area contributed by atoms with E-state index in [-0.39, 0.29) is 18.1 Å². The number of hydrogen-bond donors (Lipinski definition) is 1. The Bertz CT molecular complexity index is 1130. The third-order valence-electron chi connectivity index (χ3n) is 6.58. The summed E-state index contributed by atoms with van der Waals surface area (Å²) in [6, 6.07) is 13.0. The lowest BCUT2D eigenvalue weighted by Crippen LogP contribution is -2.60. The molecule has 2 aliphatic rings. The molecule has 2 heterocycles. The van der Waals surface area contributed by atoms with Gasteiger partial charge < -0.3 is 19.7 Å². The SMILES string of the molecule is CC(C)NCCOC(=O)CCN1c2ccccc2C(C)(C)C12C=Cc1cc([N+](=O)[O-])ccc1O2. The first-order chi connectivity index (χ1) is 16.2. The summed E-state index contributed by atoms with van der Waals surface area (Å²) in [5, 5.41) is 14.4. The molecular formula is C26H31N3O5. The summed E-state index contributed by atoms with van der Waals surface area (Å²) < 4.78 is 12.0. The Morgan fingerprint density at radius 3 is 2.74 bits per heavy atom. The second-order valence-electron chi connectivity index (χ2n) is 9.48. The van der Waals surface area contributed by atoms with Crippen molar-refractivity contribution in [2.45, 2.75) is 51.3 Å². The molecule has 34 heavy (non-hydrogen) atoms. The van der Waals surface area contributed by atoms with Gasteiger partial charge in [0.2, 0.25) is 5.72 Å². The van der Waals surface area contributed by atoms with Crippen LogP contribution in [0, 0.1) is 10.1 Å². The molecule has 0 bridgehead atoms. The lowest BCUT2D eigenvalue weighted by Gasteiger charge is -2.47. The number of nitro benzene ring substituents is 1. The zero-order valence-corrected chi connectivity index (χ0v) is 20.0. The van der Waals surface area contributed by atoms with E-state index >= 15 is 0 Å². The van der Waals surface area contributed by atoms with Gasteiger partial charge in [0, 0.05) is 42.5 Å². The van der Waals surface area contributed by atoms with Crippen LogP contribution in [0.5, 0.6) is 5.75 Å². The fraction of sp³-hybridized carbons (Fsp3) is 0.423. The third-order valence-corrected chi connectivity index (χ3v) is 6.58. The quantitative estimate of drug-likeness (QED) is 0.267. The van der Waals surface area contributed by atoms with E-state index in [1.807, 2.05) is 44.2 Å². The van der Waals surface area contributed by atoms with Crippen molar-refractivity contribution in [1.82, 2.24) is 5.32 Å². The maximum absolute atomic E-state index is 12.5. The zero-order chi connectivity index (χ0) is 24.5. The number of benzene rings is 2. The van der Waals surface area contributed by atoms with E-state index in [1.165, 1.54) is 12.1 Å². The van der Waals surface area contributed by atoms with Crippen molar-refractivity contribution in [2.75, 3.05) is 24.6 Å². The summed E-state index contributed by atoms with van der Waals surface area (Å²) in [7, 11) is 0. The van der Waals surface area contributed by atoms with Crippen LogP contribution in [0.2, 0.25) is 0 Å². The van der Waals surface area contributed by atoms with Crippen LogP contribution >= 0.6 is 0 Å². The smallest absolute Gasteiger partial charge is 0.307 e. The molecule has 0 aliphatic carbocycles. The Kier molecular flexibility index (Phi) is 6.36. The molecule has 8 nitrogen and oxygen atoms in total. The molecule has 1 atom stereocenters. The van der Waals surface area contributed by atoms with Crippen molar-refractivity contribution in [1.29, 1.82) is 0 Å². The highest BCUT2D eigenvalue weighted by Crippen LogP contribution is 2.55. The first-order valence-corrected chi connectivity index (χ1v) is 11.6. The second kappa shape index (κ2) is 9.10. The largest absolute Gasteiger partial charge is 0.464 e. The standard InChI is InChI=1S/C26H31N3O5/c1-18(2)27-14-16-33-24(30)12-15-28-22-8-6-5-7-21(22)25(3,4)26(28)13-11-19-17-20(29(31)32)9-10-23(19)34-26/h5-11,13,17-18,27H,12,14-16H2,1-4H3. The van der Waals surface area contributed by atoms with Crippen LogP contribution in [0.1, 0.15) is 45.2 Å². The average molecular weight is 466 g/mol. The lowest BCUT2D eigenvalue weighted by atomic mass is 9.76. The number of non-ortho nitro benzene ring substituents is 1. The minimum absolute atomic E-state index is 0.0171. The van der Waals surface area contributed by atoms with Gasteiger partial charge in [-0.1, -0.05) is 32.0 Å². The van der Waals surface area contributed by atoms with Crippen molar-refractivity contribution in [3.63, 3.8) is 0 Å². The van der Waals surface area contributed by atoms with Gasteiger partial charge in [0.1, 0.15) is 12.4 Å². The number of rotatable bonds is 8. The predicted molar refractivity (Wildman–Crippen MR) is 131 cm³/mol. The number of ether oxygens (including phenoxy) is 2. The van der Waals surface area contributed by atoms with Gasteiger partial charge in [-0.3, -0.25) is 14.9 Å². The van der Waals surface area contributed by atoms with Crippen LogP contribution in [0.4, 0.5) is 11.4 Å². The molecule has 8 heteroatoms. The normalized spacial score (nSPS) is 19.6. The van der Waals surface area contributed by atoms with Crippen LogP contribution in [-0.4, -0.2) is 42.4 Å². The van der Waals surface area contributed by atoms with Gasteiger partial charge in [-0.25, -0.2) is 0 Å². The van der Waals surface area contributed by atoms with Gasteiger partial charge in [0.05, 0.1) is 16.8 Å². The Morgan fingerprint density at radius 1 is 1.24 bits per heavy atom. The molecule has 0 amide bonds. The Labute approximate surface area is 199 Å². The molecule has 0 saturated heterocycles. The molecule has 180 valence electrons. The number of nitro groups is 1. The van der Waals surface area contributed by atoms with Crippen molar-refractivity contribution >= 4 is 23.4 Å². The number of para-hydroxylation sites is 1. The maximum atomic E-state index is 12.5. The number of hydrogen-bond acceptors (Lipinski definition) is 7. The van der Waals surface area contributed by atoms with E-state index < -0.39 is 16.1 Å². The minimum Gasteiger partial charge on any atom is -0.464 e. The monoisotopic (exact) mass is 465 g/mol. The zero-order valence-electron chi connectivity index (χ0n) is 20.0. The van der Waals surface area contributed by atoms with Crippen LogP contribution < -0.4 is 15.0 Å². The van der Waals surface area contributed by atoms with Crippen molar-refractivity contribution in [3.05, 3.63) is 69.8 Å². The summed E-state index contributed by atoms with van der Waals surface area (Å²) in [5.41, 5.74) is 1.44. The van der Waals surface area contributed by atoms with E-state index in [0.717, 1.165) is 11.3 Å². The number of nitrogens with zero attached hydrogens (tertiary/aromatic N) is 2. The fourth-order valence-corrected chi connectivity index (χ4v) is 4.78. The summed E-state index contributed by atoms with van der Waals surface area (Å²) >= 11 is 0. The first-order valence-electron chi connectivity index (χ1n) is 11.6. The molecular weight excluding hydrogens is 434 g/mol. The summed E-state index contributed by atoms with van der Waals surface area (Å²) in [6.07, 6.45) is 4.04. The third kappa shape index (κ3) is 4.14. The van der Waals surface area contributed by atoms with Gasteiger partial charge in [0.15, 0.2) is 0 Å². The highest BCUT2D eigenvalue weighted by molar-refractivity contribution is 5.75. The van der Waals surface area contributed by atoms with Crippen LogP contribution in [-0.2, 0) is 14.9 Å². The Morgan fingerprint density at radius 2 is 2.00 bits per heavy atom. The molecule has 2 aromatic carbocycles. The fourth-order valence-electron chi connectivity index (χ4n) is 4.78. The number of esters is 1. The summed E-state index contributed by atoms with van der Waals surface area (Å²) in [6.45, 7) is 9.66. The second-order valence-corrected chi connectivity index (χ2v) is 9.48. The molecule has 1 N–H and O–H groups in total. The van der Waals surface area contributed by atoms with Crippen LogP contribution in [0.15, 0.2) is 48.5 Å². The number of nitrogens with one attached hydrogen (secondary N) is 1. The summed E-state index contributed by atoms with van der Waals surface area (Å²) in [5.74, 6) is 0.306. The number of carbonyl (C=O) groups is 1. The Hall–Kier alpha value is -3.39. The van der Waals surface area contributed by atoms with Crippen LogP contribution in [0.3, 0.4) is 0 Å². The van der Waals surface area contributed by atoms with Gasteiger partial charge in [0.25, 0.3) is 5.69 Å². The van der Waals surface area contributed by atoms with Crippen molar-refractivity contribution < 1.29 is 19.2 Å². The number of anilines is 1. The highest BCUT2D eigenvalue weighted by atomic mass is 16.6. The highest BCUT2D eigenvalue weighted by Gasteiger charge is 2.58. The molecule has 0 saturated carbocycles. The van der Waals surface area contributed by atoms with E-state index in [1.54, 1.807) is 6.07 Å². The van der Waals surface area contributed by atoms with Gasteiger partial charge in [-0.2, -0.15) is 0 Å². The van der Waals surface area contributed by atoms with Gasteiger partial charge in [-0.15, -0.1) is 0 Å². The number of carbonyl (C=O) groups excluding carboxylic acids is 1. The number of fused-ring (bicyclic) bond motifs is 2. The first kappa shape index (κ1) is 23.8. The lowest BCUT2D eigenvalue weighted by molar-refractivity contribution is -0.384. The summed E-state index contributed by atoms with van der Waals surface area (Å²) in [4.78, 5) is 25.4. The van der Waals surface area contributed by atoms with Gasteiger partial charge in [-0.05, 0) is 43.7 Å². The maximum Gasteiger partial charge on any atom is 0.307 e. The topological polar surface area (TPSA) is 93.9 Å². The van der Waals surface area contributed by atoms with E-state index in [0.29, 0.717) is 37.1 Å². The van der Waals surface area contributed by atoms with E-state index in [2.05, 4.69) is 30.1 Å². The average Bonchev–Trinajstić information content (AvgIpc) is 2.98. The molecule has 2 aromatic rings. The molecule has 1 unspecified atom stereocenters. The van der Waals surface area contributed by atoms with E-state index in [4.69, 9.17) is 9.47 Å². The Balaban J connectivity index is 1.60. The molecule has 4 rings (SSSR count). The van der Waals surface area contributed by atoms with Crippen molar-refractivity contribution in [3.8, 4) is 5.75 Å². The minimum atomic E-state index is -0.890. The predicted octanol–water partition coefficient (Wildman–Crippen LogP) is 4.43.